The number of aliphatic hydroxyl groups is 1. The fraction of sp³-hybridized carbons (Fsp3) is 0.391. The molecule has 2 aromatic rings. The summed E-state index contributed by atoms with van der Waals surface area (Å²) in [6.45, 7) is 5.37. The van der Waals surface area contributed by atoms with E-state index in [0.717, 1.165) is 18.4 Å². The zero-order chi connectivity index (χ0) is 21.9. The van der Waals surface area contributed by atoms with Crippen LogP contribution in [0.3, 0.4) is 0 Å². The summed E-state index contributed by atoms with van der Waals surface area (Å²) in [5.74, 6) is -0.670. The molecule has 1 aromatic carbocycles. The molecule has 1 aliphatic rings. The lowest BCUT2D eigenvalue weighted by molar-refractivity contribution is -0.124. The number of imide groups is 1. The Hall–Kier alpha value is -3.06. The van der Waals surface area contributed by atoms with Crippen molar-refractivity contribution in [1.82, 2.24) is 10.3 Å². The van der Waals surface area contributed by atoms with E-state index in [-0.39, 0.29) is 6.42 Å². The number of ether oxygens (including phenoxy) is 1. The maximum absolute atomic E-state index is 12.4. The average molecular weight is 410 g/mol. The van der Waals surface area contributed by atoms with Gasteiger partial charge in [-0.15, -0.1) is 0 Å². The van der Waals surface area contributed by atoms with Gasteiger partial charge in [0.2, 0.25) is 12.3 Å². The van der Waals surface area contributed by atoms with E-state index in [1.54, 1.807) is 51.2 Å². The summed E-state index contributed by atoms with van der Waals surface area (Å²) in [7, 11) is 0. The highest BCUT2D eigenvalue weighted by atomic mass is 16.6. The molecule has 1 unspecified atom stereocenters. The van der Waals surface area contributed by atoms with Gasteiger partial charge in [0.05, 0.1) is 17.7 Å². The maximum atomic E-state index is 12.4. The summed E-state index contributed by atoms with van der Waals surface area (Å²) in [5, 5.41) is 13.3. The lowest BCUT2D eigenvalue weighted by Gasteiger charge is -2.21. The number of aromatic nitrogens is 1. The van der Waals surface area contributed by atoms with E-state index >= 15 is 0 Å². The molecule has 30 heavy (non-hydrogen) atoms. The van der Waals surface area contributed by atoms with Gasteiger partial charge in [-0.3, -0.25) is 19.9 Å². The van der Waals surface area contributed by atoms with Gasteiger partial charge in [-0.25, -0.2) is 4.79 Å². The standard InChI is InChI=1S/C23H26N2O5/c1-23(2,3)30-22(29)16-6-4-5-15(11-16)21(28)20-17(14-7-8-14)9-10-24-18(20)12-19(27)25-13-26/h4-6,9-11,13-14,21,28H,7-8,12H2,1-3H3,(H,25,26,27). The summed E-state index contributed by atoms with van der Waals surface area (Å²) < 4.78 is 5.42. The minimum absolute atomic E-state index is 0.128. The first-order valence-corrected chi connectivity index (χ1v) is 9.91. The van der Waals surface area contributed by atoms with Crippen molar-refractivity contribution in [1.29, 1.82) is 0 Å². The minimum atomic E-state index is -1.07. The molecule has 0 spiro atoms. The molecule has 2 N–H and O–H groups in total. The molecule has 0 saturated heterocycles. The normalized spacial score (nSPS) is 14.7. The van der Waals surface area contributed by atoms with Gasteiger partial charge >= 0.3 is 5.97 Å². The first-order chi connectivity index (χ1) is 14.2. The molecule has 1 aromatic heterocycles. The largest absolute Gasteiger partial charge is 0.456 e. The van der Waals surface area contributed by atoms with E-state index in [0.29, 0.717) is 34.7 Å². The van der Waals surface area contributed by atoms with E-state index in [9.17, 15) is 19.5 Å². The van der Waals surface area contributed by atoms with Crippen LogP contribution in [0.15, 0.2) is 36.5 Å². The van der Waals surface area contributed by atoms with Crippen molar-refractivity contribution in [3.05, 3.63) is 64.5 Å². The quantitative estimate of drug-likeness (QED) is 0.537. The van der Waals surface area contributed by atoms with E-state index in [1.165, 1.54) is 0 Å². The number of hydrogen-bond donors (Lipinski definition) is 2. The summed E-state index contributed by atoms with van der Waals surface area (Å²) in [6, 6.07) is 8.49. The monoisotopic (exact) mass is 410 g/mol. The van der Waals surface area contributed by atoms with Gasteiger partial charge in [0.1, 0.15) is 11.7 Å². The molecule has 0 aliphatic heterocycles. The van der Waals surface area contributed by atoms with Crippen molar-refractivity contribution < 1.29 is 24.2 Å². The highest BCUT2D eigenvalue weighted by molar-refractivity contribution is 5.90. The Morgan fingerprint density at radius 1 is 1.30 bits per heavy atom. The van der Waals surface area contributed by atoms with Gasteiger partial charge in [0.25, 0.3) is 0 Å². The van der Waals surface area contributed by atoms with Crippen LogP contribution in [0.1, 0.15) is 78.4 Å². The number of nitrogens with zero attached hydrogens (tertiary/aromatic N) is 1. The Balaban J connectivity index is 1.97. The van der Waals surface area contributed by atoms with Crippen molar-refractivity contribution >= 4 is 18.3 Å². The van der Waals surface area contributed by atoms with Crippen molar-refractivity contribution in [2.75, 3.05) is 0 Å². The van der Waals surface area contributed by atoms with Crippen LogP contribution in [0.4, 0.5) is 0 Å². The van der Waals surface area contributed by atoms with E-state index < -0.39 is 23.6 Å². The first-order valence-electron chi connectivity index (χ1n) is 9.91. The van der Waals surface area contributed by atoms with Crippen LogP contribution in [0.2, 0.25) is 0 Å². The number of nitrogens with one attached hydrogen (secondary N) is 1. The SMILES string of the molecule is CC(C)(C)OC(=O)c1cccc(C(O)c2c(C3CC3)ccnc2CC(=O)NC=O)c1. The number of hydrogen-bond acceptors (Lipinski definition) is 6. The molecular weight excluding hydrogens is 384 g/mol. The van der Waals surface area contributed by atoms with E-state index in [2.05, 4.69) is 10.3 Å². The van der Waals surface area contributed by atoms with Crippen LogP contribution >= 0.6 is 0 Å². The van der Waals surface area contributed by atoms with Gasteiger partial charge in [-0.2, -0.15) is 0 Å². The van der Waals surface area contributed by atoms with Crippen LogP contribution in [-0.2, 0) is 20.7 Å². The third kappa shape index (κ3) is 5.30. The first kappa shape index (κ1) is 21.6. The highest BCUT2D eigenvalue weighted by Crippen LogP contribution is 2.44. The lowest BCUT2D eigenvalue weighted by Crippen LogP contribution is -2.25. The summed E-state index contributed by atoms with van der Waals surface area (Å²) in [4.78, 5) is 39.3. The predicted molar refractivity (Wildman–Crippen MR) is 110 cm³/mol. The third-order valence-electron chi connectivity index (χ3n) is 4.78. The molecule has 2 amide bonds. The highest BCUT2D eigenvalue weighted by Gasteiger charge is 2.31. The average Bonchev–Trinajstić information content (AvgIpc) is 3.51. The fourth-order valence-corrected chi connectivity index (χ4v) is 3.35. The molecule has 1 fully saturated rings. The molecule has 158 valence electrons. The number of amides is 2. The minimum Gasteiger partial charge on any atom is -0.456 e. The van der Waals surface area contributed by atoms with Crippen molar-refractivity contribution in [2.45, 2.75) is 57.7 Å². The van der Waals surface area contributed by atoms with Gasteiger partial charge < -0.3 is 9.84 Å². The van der Waals surface area contributed by atoms with Gasteiger partial charge in [-0.1, -0.05) is 12.1 Å². The Morgan fingerprint density at radius 2 is 2.03 bits per heavy atom. The van der Waals surface area contributed by atoms with Crippen LogP contribution in [0.5, 0.6) is 0 Å². The van der Waals surface area contributed by atoms with Gasteiger partial charge in [0.15, 0.2) is 0 Å². The van der Waals surface area contributed by atoms with Crippen molar-refractivity contribution in [3.63, 3.8) is 0 Å². The second-order valence-corrected chi connectivity index (χ2v) is 8.43. The zero-order valence-corrected chi connectivity index (χ0v) is 17.3. The number of pyridine rings is 1. The molecule has 0 radical (unpaired) electrons. The smallest absolute Gasteiger partial charge is 0.338 e. The molecule has 1 heterocycles. The molecule has 1 aliphatic carbocycles. The summed E-state index contributed by atoms with van der Waals surface area (Å²) in [6.07, 6.45) is 2.74. The predicted octanol–water partition coefficient (Wildman–Crippen LogP) is 2.81. The Kier molecular flexibility index (Phi) is 6.31. The number of aliphatic hydroxyl groups excluding tert-OH is 1. The topological polar surface area (TPSA) is 106 Å². The Labute approximate surface area is 175 Å². The summed E-state index contributed by atoms with van der Waals surface area (Å²) in [5.41, 5.74) is 2.11. The molecule has 1 atom stereocenters. The third-order valence-corrected chi connectivity index (χ3v) is 4.78. The molecule has 3 rings (SSSR count). The van der Waals surface area contributed by atoms with Crippen LogP contribution in [0.25, 0.3) is 0 Å². The van der Waals surface area contributed by atoms with Crippen LogP contribution in [-0.4, -0.2) is 34.0 Å². The number of rotatable bonds is 7. The Bertz CT molecular complexity index is 960. The molecule has 0 bridgehead atoms. The molecular formula is C23H26N2O5. The fourth-order valence-electron chi connectivity index (χ4n) is 3.35. The maximum Gasteiger partial charge on any atom is 0.338 e. The van der Waals surface area contributed by atoms with Crippen molar-refractivity contribution in [3.8, 4) is 0 Å². The van der Waals surface area contributed by atoms with Gasteiger partial charge in [0, 0.05) is 11.8 Å². The number of carbonyl (C=O) groups excluding carboxylic acids is 3. The number of carbonyl (C=O) groups is 3. The van der Waals surface area contributed by atoms with Gasteiger partial charge in [-0.05, 0) is 68.9 Å². The molecule has 7 nitrogen and oxygen atoms in total. The number of benzene rings is 1. The Morgan fingerprint density at radius 3 is 2.67 bits per heavy atom. The van der Waals surface area contributed by atoms with Crippen molar-refractivity contribution in [2.24, 2.45) is 0 Å². The number of esters is 1. The second-order valence-electron chi connectivity index (χ2n) is 8.43. The zero-order valence-electron chi connectivity index (χ0n) is 17.3. The second kappa shape index (κ2) is 8.75. The summed E-state index contributed by atoms with van der Waals surface area (Å²) >= 11 is 0. The molecule has 1 saturated carbocycles. The van der Waals surface area contributed by atoms with E-state index in [4.69, 9.17) is 4.74 Å². The van der Waals surface area contributed by atoms with Crippen LogP contribution < -0.4 is 5.32 Å². The molecule has 7 heteroatoms. The van der Waals surface area contributed by atoms with Crippen LogP contribution in [0, 0.1) is 0 Å². The van der Waals surface area contributed by atoms with E-state index in [1.807, 2.05) is 6.07 Å². The lowest BCUT2D eigenvalue weighted by atomic mass is 9.91.